The summed E-state index contributed by atoms with van der Waals surface area (Å²) in [5.41, 5.74) is 4.20. The van der Waals surface area contributed by atoms with Crippen molar-refractivity contribution < 1.29 is 0 Å². The van der Waals surface area contributed by atoms with Crippen LogP contribution in [0, 0.1) is 0 Å². The molecule has 0 saturated carbocycles. The molecule has 0 aliphatic carbocycles. The van der Waals surface area contributed by atoms with Crippen molar-refractivity contribution in [1.29, 1.82) is 0 Å². The van der Waals surface area contributed by atoms with Gasteiger partial charge in [0.05, 0.1) is 11.9 Å². The average Bonchev–Trinajstić information content (AvgIpc) is 2.89. The van der Waals surface area contributed by atoms with Crippen LogP contribution in [0.2, 0.25) is 0 Å². The van der Waals surface area contributed by atoms with Crippen LogP contribution in [0.3, 0.4) is 0 Å². The second kappa shape index (κ2) is 7.88. The second-order valence-electron chi connectivity index (χ2n) is 3.86. The van der Waals surface area contributed by atoms with Gasteiger partial charge in [0.1, 0.15) is 0 Å². The zero-order valence-corrected chi connectivity index (χ0v) is 11.6. The Morgan fingerprint density at radius 1 is 1.16 bits per heavy atom. The molecule has 0 aliphatic rings. The number of aromatic amines is 1. The van der Waals surface area contributed by atoms with Crippen LogP contribution in [-0.4, -0.2) is 10.2 Å². The molecule has 2 heteroatoms. The first kappa shape index (κ1) is 14.7. The van der Waals surface area contributed by atoms with Crippen molar-refractivity contribution in [3.05, 3.63) is 79.2 Å². The highest BCUT2D eigenvalue weighted by Gasteiger charge is 2.09. The quantitative estimate of drug-likeness (QED) is 0.730. The third-order valence-electron chi connectivity index (χ3n) is 2.61. The van der Waals surface area contributed by atoms with Gasteiger partial charge in [0.15, 0.2) is 0 Å². The van der Waals surface area contributed by atoms with Crippen LogP contribution in [0.5, 0.6) is 0 Å². The van der Waals surface area contributed by atoms with Gasteiger partial charge in [-0.25, -0.2) is 0 Å². The molecule has 0 amide bonds. The van der Waals surface area contributed by atoms with E-state index in [2.05, 4.69) is 23.4 Å². The maximum absolute atomic E-state index is 4.15. The molecule has 2 nitrogen and oxygen atoms in total. The van der Waals surface area contributed by atoms with E-state index in [4.69, 9.17) is 0 Å². The zero-order chi connectivity index (χ0) is 14.1. The molecule has 0 atom stereocenters. The van der Waals surface area contributed by atoms with Crippen LogP contribution in [0.25, 0.3) is 11.1 Å². The maximum atomic E-state index is 4.15. The summed E-state index contributed by atoms with van der Waals surface area (Å²) in [5.74, 6) is 0. The van der Waals surface area contributed by atoms with Crippen molar-refractivity contribution in [2.24, 2.45) is 0 Å². The molecule has 0 unspecified atom stereocenters. The van der Waals surface area contributed by atoms with E-state index in [-0.39, 0.29) is 0 Å². The standard InChI is InChI=1S/C17H20N2/c1-5-9-12-14(8-4)17-16(13-18-19-17)15(10-6-2)11-7-3/h5-13H,1-2H2,3-4H3,(H,18,19)/b11-7-,12-9-,14-8+,15-10+. The van der Waals surface area contributed by atoms with E-state index in [0.717, 1.165) is 22.4 Å². The van der Waals surface area contributed by atoms with Gasteiger partial charge >= 0.3 is 0 Å². The van der Waals surface area contributed by atoms with Crippen LogP contribution in [-0.2, 0) is 0 Å². The number of hydrogen-bond donors (Lipinski definition) is 1. The third kappa shape index (κ3) is 3.81. The summed E-state index contributed by atoms with van der Waals surface area (Å²) >= 11 is 0. The number of nitrogens with zero attached hydrogens (tertiary/aromatic N) is 1. The van der Waals surface area contributed by atoms with Gasteiger partial charge in [-0.05, 0) is 25.0 Å². The van der Waals surface area contributed by atoms with E-state index in [1.807, 2.05) is 56.5 Å². The van der Waals surface area contributed by atoms with E-state index in [9.17, 15) is 0 Å². The summed E-state index contributed by atoms with van der Waals surface area (Å²) in [7, 11) is 0. The molecule has 0 aliphatic heterocycles. The Kier molecular flexibility index (Phi) is 6.10. The van der Waals surface area contributed by atoms with Gasteiger partial charge in [-0.15, -0.1) is 0 Å². The van der Waals surface area contributed by atoms with Crippen molar-refractivity contribution in [1.82, 2.24) is 10.2 Å². The first-order valence-electron chi connectivity index (χ1n) is 6.23. The highest BCUT2D eigenvalue weighted by atomic mass is 15.1. The monoisotopic (exact) mass is 252 g/mol. The van der Waals surface area contributed by atoms with Gasteiger partial charge in [-0.1, -0.05) is 61.8 Å². The Balaban J connectivity index is 3.29. The zero-order valence-electron chi connectivity index (χ0n) is 11.6. The molecular formula is C17H20N2. The molecule has 0 radical (unpaired) electrons. The predicted molar refractivity (Wildman–Crippen MR) is 84.6 cm³/mol. The summed E-state index contributed by atoms with van der Waals surface area (Å²) in [6.45, 7) is 11.4. The Hall–Kier alpha value is -2.35. The van der Waals surface area contributed by atoms with Crippen molar-refractivity contribution in [3.63, 3.8) is 0 Å². The summed E-state index contributed by atoms with van der Waals surface area (Å²) < 4.78 is 0. The fraction of sp³-hybridized carbons (Fsp3) is 0.118. The lowest BCUT2D eigenvalue weighted by Gasteiger charge is -2.04. The van der Waals surface area contributed by atoms with E-state index >= 15 is 0 Å². The van der Waals surface area contributed by atoms with Gasteiger partial charge in [0, 0.05) is 5.56 Å². The molecule has 19 heavy (non-hydrogen) atoms. The second-order valence-corrected chi connectivity index (χ2v) is 3.86. The number of aromatic nitrogens is 2. The van der Waals surface area contributed by atoms with Gasteiger partial charge in [-0.3, -0.25) is 5.10 Å². The number of nitrogens with one attached hydrogen (secondary N) is 1. The van der Waals surface area contributed by atoms with Crippen LogP contribution >= 0.6 is 0 Å². The van der Waals surface area contributed by atoms with Gasteiger partial charge in [0.25, 0.3) is 0 Å². The molecule has 0 spiro atoms. The summed E-state index contributed by atoms with van der Waals surface area (Å²) in [4.78, 5) is 0. The van der Waals surface area contributed by atoms with E-state index < -0.39 is 0 Å². The first-order valence-corrected chi connectivity index (χ1v) is 6.23. The van der Waals surface area contributed by atoms with Crippen molar-refractivity contribution in [2.45, 2.75) is 13.8 Å². The molecule has 1 heterocycles. The molecule has 0 aromatic carbocycles. The van der Waals surface area contributed by atoms with Crippen LogP contribution in [0.4, 0.5) is 0 Å². The molecule has 0 fully saturated rings. The van der Waals surface area contributed by atoms with Crippen LogP contribution in [0.1, 0.15) is 25.1 Å². The SMILES string of the molecule is C=C/C=C\C(=C/C)c1[nH]ncc1C(/C=C\C)=C/C=C. The summed E-state index contributed by atoms with van der Waals surface area (Å²) in [6, 6.07) is 0. The van der Waals surface area contributed by atoms with Gasteiger partial charge in [-0.2, -0.15) is 5.10 Å². The maximum Gasteiger partial charge on any atom is 0.0725 e. The minimum atomic E-state index is 0.992. The minimum absolute atomic E-state index is 0.992. The number of allylic oxidation sites excluding steroid dienone is 10. The molecule has 1 aromatic rings. The molecule has 98 valence electrons. The lowest BCUT2D eigenvalue weighted by molar-refractivity contribution is 1.07. The molecule has 1 rings (SSSR count). The third-order valence-corrected chi connectivity index (χ3v) is 2.61. The van der Waals surface area contributed by atoms with Crippen molar-refractivity contribution >= 4 is 11.1 Å². The topological polar surface area (TPSA) is 28.7 Å². The van der Waals surface area contributed by atoms with Gasteiger partial charge in [0.2, 0.25) is 0 Å². The molecule has 0 bridgehead atoms. The Morgan fingerprint density at radius 2 is 1.95 bits per heavy atom. The van der Waals surface area contributed by atoms with Crippen molar-refractivity contribution in [3.8, 4) is 0 Å². The highest BCUT2D eigenvalue weighted by molar-refractivity contribution is 5.85. The largest absolute Gasteiger partial charge is 0.277 e. The predicted octanol–water partition coefficient (Wildman–Crippen LogP) is 4.70. The number of H-pyrrole nitrogens is 1. The smallest absolute Gasteiger partial charge is 0.0725 e. The Morgan fingerprint density at radius 3 is 2.53 bits per heavy atom. The minimum Gasteiger partial charge on any atom is -0.277 e. The van der Waals surface area contributed by atoms with Crippen LogP contribution < -0.4 is 0 Å². The lowest BCUT2D eigenvalue weighted by atomic mass is 10.0. The Bertz CT molecular complexity index is 552. The Labute approximate surface area is 115 Å². The fourth-order valence-electron chi connectivity index (χ4n) is 1.76. The first-order chi connectivity index (χ1) is 9.28. The summed E-state index contributed by atoms with van der Waals surface area (Å²) in [5, 5.41) is 7.20. The van der Waals surface area contributed by atoms with Crippen molar-refractivity contribution in [2.75, 3.05) is 0 Å². The average molecular weight is 252 g/mol. The van der Waals surface area contributed by atoms with E-state index in [0.29, 0.717) is 0 Å². The number of rotatable bonds is 6. The molecule has 1 N–H and O–H groups in total. The molecule has 1 aromatic heterocycles. The normalized spacial score (nSPS) is 13.4. The fourth-order valence-corrected chi connectivity index (χ4v) is 1.76. The van der Waals surface area contributed by atoms with Crippen LogP contribution in [0.15, 0.2) is 68.0 Å². The lowest BCUT2D eigenvalue weighted by Crippen LogP contribution is -1.88. The number of hydrogen-bond acceptors (Lipinski definition) is 1. The molecule has 0 saturated heterocycles. The van der Waals surface area contributed by atoms with Gasteiger partial charge < -0.3 is 0 Å². The highest BCUT2D eigenvalue weighted by Crippen LogP contribution is 2.25. The van der Waals surface area contributed by atoms with E-state index in [1.54, 1.807) is 12.2 Å². The molecular weight excluding hydrogens is 232 g/mol. The van der Waals surface area contributed by atoms with E-state index in [1.165, 1.54) is 0 Å². The summed E-state index contributed by atoms with van der Waals surface area (Å²) in [6.07, 6.45) is 17.3.